The van der Waals surface area contributed by atoms with Crippen LogP contribution in [0.2, 0.25) is 0 Å². The van der Waals surface area contributed by atoms with E-state index in [2.05, 4.69) is 5.92 Å². The molecule has 2 heteroatoms. The van der Waals surface area contributed by atoms with Crippen molar-refractivity contribution in [1.29, 1.82) is 0 Å². The lowest BCUT2D eigenvalue weighted by molar-refractivity contribution is 0.0511. The van der Waals surface area contributed by atoms with Gasteiger partial charge in [-0.2, -0.15) is 0 Å². The van der Waals surface area contributed by atoms with Crippen LogP contribution in [0.5, 0.6) is 5.75 Å². The Labute approximate surface area is 90.5 Å². The highest BCUT2D eigenvalue weighted by Crippen LogP contribution is 2.19. The fourth-order valence-electron chi connectivity index (χ4n) is 1.17. The predicted molar refractivity (Wildman–Crippen MR) is 61.4 cm³/mol. The van der Waals surface area contributed by atoms with E-state index < -0.39 is 0 Å². The number of rotatable bonds is 4. The molecule has 0 amide bonds. The zero-order valence-electron chi connectivity index (χ0n) is 8.99. The van der Waals surface area contributed by atoms with Crippen molar-refractivity contribution >= 4 is 5.57 Å². The van der Waals surface area contributed by atoms with Crippen molar-refractivity contribution in [1.82, 2.24) is 0 Å². The molecule has 0 aliphatic carbocycles. The van der Waals surface area contributed by atoms with Gasteiger partial charge in [-0.25, -0.2) is 0 Å². The van der Waals surface area contributed by atoms with Crippen molar-refractivity contribution in [2.75, 3.05) is 13.9 Å². The van der Waals surface area contributed by atoms with Gasteiger partial charge in [-0.05, 0) is 36.3 Å². The van der Waals surface area contributed by atoms with Crippen molar-refractivity contribution < 1.29 is 9.47 Å². The fourth-order valence-corrected chi connectivity index (χ4v) is 1.17. The Morgan fingerprint density at radius 1 is 1.53 bits per heavy atom. The van der Waals surface area contributed by atoms with Crippen LogP contribution >= 0.6 is 0 Å². The van der Waals surface area contributed by atoms with Gasteiger partial charge in [0.05, 0.1) is 0 Å². The summed E-state index contributed by atoms with van der Waals surface area (Å²) in [5.74, 6) is 3.28. The zero-order valence-corrected chi connectivity index (χ0v) is 8.99. The molecular formula is C13H14O2. The third kappa shape index (κ3) is 3.49. The van der Waals surface area contributed by atoms with E-state index in [4.69, 9.17) is 15.9 Å². The van der Waals surface area contributed by atoms with Gasteiger partial charge in [-0.3, -0.25) is 0 Å². The fraction of sp³-hybridized carbons (Fsp3) is 0.231. The average Bonchev–Trinajstić information content (AvgIpc) is 2.27. The van der Waals surface area contributed by atoms with Crippen LogP contribution in [0, 0.1) is 12.3 Å². The molecule has 0 N–H and O–H groups in total. The molecule has 0 fully saturated rings. The number of terminal acetylenes is 1. The molecule has 1 aromatic rings. The van der Waals surface area contributed by atoms with Crippen LogP contribution in [-0.2, 0) is 4.74 Å². The van der Waals surface area contributed by atoms with Crippen molar-refractivity contribution in [2.45, 2.75) is 6.92 Å². The first kappa shape index (κ1) is 11.4. The minimum absolute atomic E-state index is 0.251. The van der Waals surface area contributed by atoms with Gasteiger partial charge in [0.2, 0.25) is 0 Å². The third-order valence-corrected chi connectivity index (χ3v) is 1.93. The molecule has 0 aliphatic heterocycles. The predicted octanol–water partition coefficient (Wildman–Crippen LogP) is 2.71. The van der Waals surface area contributed by atoms with Crippen LogP contribution in [0.25, 0.3) is 5.57 Å². The van der Waals surface area contributed by atoms with Gasteiger partial charge in [0.25, 0.3) is 0 Å². The van der Waals surface area contributed by atoms with E-state index >= 15 is 0 Å². The van der Waals surface area contributed by atoms with Crippen molar-refractivity contribution in [3.8, 4) is 18.1 Å². The molecule has 0 aromatic heterocycles. The highest BCUT2D eigenvalue weighted by atomic mass is 16.7. The van der Waals surface area contributed by atoms with E-state index in [-0.39, 0.29) is 6.79 Å². The maximum absolute atomic E-state index is 5.32. The standard InChI is InChI=1S/C13H14O2/c1-4-6-11(2)12-7-5-8-13(9-12)15-10-14-3/h1,5-9H,10H2,2-3H3. The van der Waals surface area contributed by atoms with Crippen LogP contribution in [0.4, 0.5) is 0 Å². The van der Waals surface area contributed by atoms with Crippen LogP contribution in [0.15, 0.2) is 30.3 Å². The number of ether oxygens (including phenoxy) is 2. The highest BCUT2D eigenvalue weighted by Gasteiger charge is 1.97. The van der Waals surface area contributed by atoms with Gasteiger partial charge in [0.1, 0.15) is 5.75 Å². The zero-order chi connectivity index (χ0) is 11.1. The summed E-state index contributed by atoms with van der Waals surface area (Å²) in [6.45, 7) is 2.22. The van der Waals surface area contributed by atoms with Crippen molar-refractivity contribution in [3.05, 3.63) is 35.9 Å². The van der Waals surface area contributed by atoms with Gasteiger partial charge in [0, 0.05) is 7.11 Å². The molecule has 15 heavy (non-hydrogen) atoms. The van der Waals surface area contributed by atoms with E-state index in [1.54, 1.807) is 13.2 Å². The first-order chi connectivity index (χ1) is 7.27. The Kier molecular flexibility index (Phi) is 4.46. The summed E-state index contributed by atoms with van der Waals surface area (Å²) in [5, 5.41) is 0. The second-order valence-corrected chi connectivity index (χ2v) is 3.07. The van der Waals surface area contributed by atoms with Crippen LogP contribution in [0.3, 0.4) is 0 Å². The summed E-state index contributed by atoms with van der Waals surface area (Å²) in [6, 6.07) is 7.73. The van der Waals surface area contributed by atoms with Gasteiger partial charge >= 0.3 is 0 Å². The van der Waals surface area contributed by atoms with E-state index in [0.717, 1.165) is 16.9 Å². The summed E-state index contributed by atoms with van der Waals surface area (Å²) >= 11 is 0. The molecule has 0 aliphatic rings. The lowest BCUT2D eigenvalue weighted by Crippen LogP contribution is -1.98. The second kappa shape index (κ2) is 5.90. The van der Waals surface area contributed by atoms with Gasteiger partial charge in [0.15, 0.2) is 6.79 Å². The van der Waals surface area contributed by atoms with Crippen LogP contribution < -0.4 is 4.74 Å². The Morgan fingerprint density at radius 3 is 3.00 bits per heavy atom. The molecule has 1 aromatic carbocycles. The molecule has 0 saturated heterocycles. The molecule has 0 radical (unpaired) electrons. The number of allylic oxidation sites excluding steroid dienone is 2. The minimum Gasteiger partial charge on any atom is -0.468 e. The maximum atomic E-state index is 5.32. The lowest BCUT2D eigenvalue weighted by Gasteiger charge is -2.06. The first-order valence-electron chi connectivity index (χ1n) is 4.63. The molecule has 0 atom stereocenters. The van der Waals surface area contributed by atoms with E-state index in [9.17, 15) is 0 Å². The van der Waals surface area contributed by atoms with Crippen LogP contribution in [0.1, 0.15) is 12.5 Å². The summed E-state index contributed by atoms with van der Waals surface area (Å²) in [6.07, 6.45) is 6.94. The Balaban J connectivity index is 2.83. The van der Waals surface area contributed by atoms with Gasteiger partial charge in [-0.1, -0.05) is 18.1 Å². The number of benzene rings is 1. The molecule has 78 valence electrons. The quantitative estimate of drug-likeness (QED) is 0.552. The van der Waals surface area contributed by atoms with E-state index in [0.29, 0.717) is 0 Å². The summed E-state index contributed by atoms with van der Waals surface area (Å²) in [7, 11) is 1.59. The number of hydrogen-bond acceptors (Lipinski definition) is 2. The molecule has 1 rings (SSSR count). The molecular weight excluding hydrogens is 188 g/mol. The smallest absolute Gasteiger partial charge is 0.188 e. The molecule has 0 heterocycles. The number of hydrogen-bond donors (Lipinski definition) is 0. The summed E-state index contributed by atoms with van der Waals surface area (Å²) in [4.78, 5) is 0. The largest absolute Gasteiger partial charge is 0.468 e. The molecule has 0 spiro atoms. The van der Waals surface area contributed by atoms with Gasteiger partial charge in [-0.15, -0.1) is 6.42 Å². The topological polar surface area (TPSA) is 18.5 Å². The van der Waals surface area contributed by atoms with Crippen LogP contribution in [-0.4, -0.2) is 13.9 Å². The molecule has 0 bridgehead atoms. The third-order valence-electron chi connectivity index (χ3n) is 1.93. The molecule has 0 unspecified atom stereocenters. The highest BCUT2D eigenvalue weighted by molar-refractivity contribution is 5.67. The second-order valence-electron chi connectivity index (χ2n) is 3.07. The Hall–Kier alpha value is -1.72. The van der Waals surface area contributed by atoms with Gasteiger partial charge < -0.3 is 9.47 Å². The minimum atomic E-state index is 0.251. The summed E-state index contributed by atoms with van der Waals surface area (Å²) < 4.78 is 10.1. The number of methoxy groups -OCH3 is 1. The normalized spacial score (nSPS) is 10.9. The maximum Gasteiger partial charge on any atom is 0.188 e. The monoisotopic (exact) mass is 202 g/mol. The molecule has 0 saturated carbocycles. The van der Waals surface area contributed by atoms with E-state index in [1.165, 1.54) is 0 Å². The van der Waals surface area contributed by atoms with E-state index in [1.807, 2.05) is 31.2 Å². The Morgan fingerprint density at radius 2 is 2.33 bits per heavy atom. The van der Waals surface area contributed by atoms with Crippen molar-refractivity contribution in [3.63, 3.8) is 0 Å². The summed E-state index contributed by atoms with van der Waals surface area (Å²) in [5.41, 5.74) is 2.10. The first-order valence-corrected chi connectivity index (χ1v) is 4.63. The average molecular weight is 202 g/mol. The SMILES string of the molecule is C#CC=C(C)c1cccc(OCOC)c1. The van der Waals surface area contributed by atoms with Crippen molar-refractivity contribution in [2.24, 2.45) is 0 Å². The lowest BCUT2D eigenvalue weighted by atomic mass is 10.1. The molecule has 2 nitrogen and oxygen atoms in total. The Bertz CT molecular complexity index is 386.